The first-order valence-corrected chi connectivity index (χ1v) is 9.91. The van der Waals surface area contributed by atoms with Crippen molar-refractivity contribution in [2.24, 2.45) is 0 Å². The third kappa shape index (κ3) is 5.41. The van der Waals surface area contributed by atoms with Gasteiger partial charge in [-0.1, -0.05) is 48.0 Å². The summed E-state index contributed by atoms with van der Waals surface area (Å²) in [5, 5.41) is 3.10. The van der Waals surface area contributed by atoms with Gasteiger partial charge in [0.05, 0.1) is 6.04 Å². The lowest BCUT2D eigenvalue weighted by atomic mass is 10.1. The molecule has 3 rings (SSSR count). The van der Waals surface area contributed by atoms with Crippen LogP contribution in [-0.4, -0.2) is 54.5 Å². The Bertz CT molecular complexity index is 751. The van der Waals surface area contributed by atoms with Crippen molar-refractivity contribution in [2.45, 2.75) is 33.2 Å². The maximum atomic E-state index is 12.7. The number of amides is 1. The molecule has 1 amide bonds. The molecule has 144 valence electrons. The first-order valence-electron chi connectivity index (χ1n) is 9.91. The summed E-state index contributed by atoms with van der Waals surface area (Å²) >= 11 is 0. The molecule has 0 spiro atoms. The van der Waals surface area contributed by atoms with Crippen molar-refractivity contribution < 1.29 is 4.79 Å². The number of aryl methyl sites for hydroxylation is 2. The van der Waals surface area contributed by atoms with Crippen LogP contribution in [0, 0.1) is 13.8 Å². The number of carbonyl (C=O) groups is 1. The number of benzene rings is 2. The highest BCUT2D eigenvalue weighted by Gasteiger charge is 2.25. The molecule has 1 aliphatic rings. The minimum atomic E-state index is -0.109. The van der Waals surface area contributed by atoms with Gasteiger partial charge < -0.3 is 10.2 Å². The summed E-state index contributed by atoms with van der Waals surface area (Å²) in [6.07, 6.45) is 1.09. The molecule has 1 N–H and O–H groups in total. The minimum Gasteiger partial charge on any atom is -0.324 e. The zero-order chi connectivity index (χ0) is 19.2. The summed E-state index contributed by atoms with van der Waals surface area (Å²) in [6, 6.07) is 16.7. The zero-order valence-corrected chi connectivity index (χ0v) is 16.7. The second-order valence-electron chi connectivity index (χ2n) is 7.60. The van der Waals surface area contributed by atoms with E-state index in [0.29, 0.717) is 0 Å². The Morgan fingerprint density at radius 2 is 1.74 bits per heavy atom. The van der Waals surface area contributed by atoms with E-state index in [1.165, 1.54) is 11.1 Å². The number of hydrogen-bond acceptors (Lipinski definition) is 3. The molecular formula is C23H31N3O. The van der Waals surface area contributed by atoms with E-state index in [4.69, 9.17) is 0 Å². The highest BCUT2D eigenvalue weighted by molar-refractivity contribution is 5.95. The molecule has 4 heteroatoms. The van der Waals surface area contributed by atoms with Gasteiger partial charge >= 0.3 is 0 Å². The van der Waals surface area contributed by atoms with Gasteiger partial charge in [0.15, 0.2) is 0 Å². The summed E-state index contributed by atoms with van der Waals surface area (Å²) < 4.78 is 0. The van der Waals surface area contributed by atoms with E-state index >= 15 is 0 Å². The number of nitrogens with zero attached hydrogens (tertiary/aromatic N) is 2. The van der Waals surface area contributed by atoms with E-state index in [1.54, 1.807) is 0 Å². The first-order chi connectivity index (χ1) is 13.0. The topological polar surface area (TPSA) is 35.6 Å². The molecule has 0 radical (unpaired) electrons. The largest absolute Gasteiger partial charge is 0.324 e. The molecular weight excluding hydrogens is 334 g/mol. The van der Waals surface area contributed by atoms with Crippen LogP contribution in [0.5, 0.6) is 0 Å². The van der Waals surface area contributed by atoms with Crippen LogP contribution in [0.25, 0.3) is 0 Å². The molecule has 1 heterocycles. The second kappa shape index (κ2) is 9.16. The van der Waals surface area contributed by atoms with E-state index in [0.717, 1.165) is 50.4 Å². The van der Waals surface area contributed by atoms with E-state index in [2.05, 4.69) is 58.4 Å². The average Bonchev–Trinajstić information content (AvgIpc) is 2.69. The summed E-state index contributed by atoms with van der Waals surface area (Å²) in [5.74, 6) is 0.0830. The van der Waals surface area contributed by atoms with Crippen molar-refractivity contribution >= 4 is 11.6 Å². The Balaban J connectivity index is 1.46. The van der Waals surface area contributed by atoms with Crippen molar-refractivity contribution in [3.05, 3.63) is 65.2 Å². The van der Waals surface area contributed by atoms with Gasteiger partial charge in [-0.3, -0.25) is 9.69 Å². The van der Waals surface area contributed by atoms with Crippen LogP contribution in [0.15, 0.2) is 48.5 Å². The maximum absolute atomic E-state index is 12.7. The Morgan fingerprint density at radius 3 is 2.41 bits per heavy atom. The van der Waals surface area contributed by atoms with Crippen LogP contribution in [0.3, 0.4) is 0 Å². The molecule has 0 saturated carbocycles. The zero-order valence-electron chi connectivity index (χ0n) is 16.7. The minimum absolute atomic E-state index is 0.0830. The van der Waals surface area contributed by atoms with Crippen molar-refractivity contribution in [3.8, 4) is 0 Å². The van der Waals surface area contributed by atoms with E-state index in [9.17, 15) is 4.79 Å². The van der Waals surface area contributed by atoms with Crippen molar-refractivity contribution in [2.75, 3.05) is 38.0 Å². The molecule has 1 aliphatic heterocycles. The molecule has 1 fully saturated rings. The van der Waals surface area contributed by atoms with Crippen molar-refractivity contribution in [1.29, 1.82) is 0 Å². The normalized spacial score (nSPS) is 16.9. The van der Waals surface area contributed by atoms with Gasteiger partial charge in [-0.2, -0.15) is 0 Å². The highest BCUT2D eigenvalue weighted by Crippen LogP contribution is 2.17. The number of hydrogen-bond donors (Lipinski definition) is 1. The third-order valence-electron chi connectivity index (χ3n) is 5.53. The Labute approximate surface area is 163 Å². The molecule has 1 atom stereocenters. The number of nitrogens with one attached hydrogen (secondary N) is 1. The lowest BCUT2D eigenvalue weighted by Crippen LogP contribution is -2.53. The highest BCUT2D eigenvalue weighted by atomic mass is 16.2. The van der Waals surface area contributed by atoms with Crippen LogP contribution in [0.4, 0.5) is 5.69 Å². The standard InChI is InChI=1S/C23H31N3O/c1-18-9-10-22(19(2)17-18)24-23(27)20(3)26-15-13-25(14-16-26)12-11-21-7-5-4-6-8-21/h4-10,17,20H,11-16H2,1-3H3,(H,24,27). The number of piperazine rings is 1. The molecule has 2 aromatic rings. The summed E-state index contributed by atoms with van der Waals surface area (Å²) in [4.78, 5) is 17.5. The van der Waals surface area contributed by atoms with Crippen molar-refractivity contribution in [3.63, 3.8) is 0 Å². The molecule has 1 saturated heterocycles. The lowest BCUT2D eigenvalue weighted by molar-refractivity contribution is -0.121. The summed E-state index contributed by atoms with van der Waals surface area (Å²) in [7, 11) is 0. The number of anilines is 1. The summed E-state index contributed by atoms with van der Waals surface area (Å²) in [6.45, 7) is 11.1. The Morgan fingerprint density at radius 1 is 1.04 bits per heavy atom. The smallest absolute Gasteiger partial charge is 0.241 e. The fourth-order valence-electron chi connectivity index (χ4n) is 3.66. The van der Waals surface area contributed by atoms with Gasteiger partial charge in [-0.25, -0.2) is 0 Å². The van der Waals surface area contributed by atoms with Crippen LogP contribution in [0.1, 0.15) is 23.6 Å². The van der Waals surface area contributed by atoms with Crippen LogP contribution < -0.4 is 5.32 Å². The average molecular weight is 366 g/mol. The van der Waals surface area contributed by atoms with E-state index < -0.39 is 0 Å². The van der Waals surface area contributed by atoms with E-state index in [-0.39, 0.29) is 11.9 Å². The molecule has 1 unspecified atom stereocenters. The second-order valence-corrected chi connectivity index (χ2v) is 7.60. The number of rotatable bonds is 6. The molecule has 2 aromatic carbocycles. The fourth-order valence-corrected chi connectivity index (χ4v) is 3.66. The van der Waals surface area contributed by atoms with Crippen molar-refractivity contribution in [1.82, 2.24) is 9.80 Å². The van der Waals surface area contributed by atoms with Gasteiger partial charge in [0.2, 0.25) is 5.91 Å². The quantitative estimate of drug-likeness (QED) is 0.851. The predicted octanol–water partition coefficient (Wildman–Crippen LogP) is 3.49. The number of carbonyl (C=O) groups excluding carboxylic acids is 1. The summed E-state index contributed by atoms with van der Waals surface area (Å²) in [5.41, 5.74) is 4.63. The molecule has 0 aliphatic carbocycles. The van der Waals surface area contributed by atoms with Gasteiger partial charge in [-0.15, -0.1) is 0 Å². The van der Waals surface area contributed by atoms with Gasteiger partial charge in [0.25, 0.3) is 0 Å². The Hall–Kier alpha value is -2.17. The van der Waals surface area contributed by atoms with Crippen LogP contribution in [-0.2, 0) is 11.2 Å². The molecule has 0 aromatic heterocycles. The molecule has 4 nitrogen and oxygen atoms in total. The first kappa shape index (κ1) is 19.6. The lowest BCUT2D eigenvalue weighted by Gasteiger charge is -2.37. The van der Waals surface area contributed by atoms with Crippen LogP contribution >= 0.6 is 0 Å². The predicted molar refractivity (Wildman–Crippen MR) is 112 cm³/mol. The van der Waals surface area contributed by atoms with Gasteiger partial charge in [-0.05, 0) is 44.4 Å². The fraction of sp³-hybridized carbons (Fsp3) is 0.435. The van der Waals surface area contributed by atoms with E-state index in [1.807, 2.05) is 26.0 Å². The van der Waals surface area contributed by atoms with Crippen LogP contribution in [0.2, 0.25) is 0 Å². The Kier molecular flexibility index (Phi) is 6.64. The maximum Gasteiger partial charge on any atom is 0.241 e. The van der Waals surface area contributed by atoms with Gasteiger partial charge in [0, 0.05) is 38.4 Å². The third-order valence-corrected chi connectivity index (χ3v) is 5.53. The molecule has 0 bridgehead atoms. The monoisotopic (exact) mass is 365 g/mol. The molecule has 27 heavy (non-hydrogen) atoms. The SMILES string of the molecule is Cc1ccc(NC(=O)C(C)N2CCN(CCc3ccccc3)CC2)c(C)c1. The van der Waals surface area contributed by atoms with Gasteiger partial charge in [0.1, 0.15) is 0 Å².